The summed E-state index contributed by atoms with van der Waals surface area (Å²) < 4.78 is 18.3. The number of carbonyl (C=O) groups excluding carboxylic acids is 2. The number of esters is 1. The van der Waals surface area contributed by atoms with E-state index in [-0.39, 0.29) is 29.5 Å². The predicted molar refractivity (Wildman–Crippen MR) is 164 cm³/mol. The SMILES string of the molecule is CCCCC(C)(C/C=C/[C@H]1[C@H](O[Si](CC)(CC)CC)CC(=O)[C@@H]1CC/C=C\CCC(=O)OC)O[Si](C)(C)C. The van der Waals surface area contributed by atoms with Crippen molar-refractivity contribution >= 4 is 28.4 Å². The first kappa shape index (κ1) is 35.0. The van der Waals surface area contributed by atoms with E-state index in [9.17, 15) is 9.59 Å². The van der Waals surface area contributed by atoms with E-state index in [1.54, 1.807) is 0 Å². The molecule has 0 spiro atoms. The van der Waals surface area contributed by atoms with Gasteiger partial charge in [0.05, 0.1) is 18.8 Å². The monoisotopic (exact) mass is 566 g/mol. The molecule has 5 nitrogen and oxygen atoms in total. The Labute approximate surface area is 236 Å². The van der Waals surface area contributed by atoms with Crippen LogP contribution in [0.25, 0.3) is 0 Å². The number of rotatable bonds is 19. The Balaban J connectivity index is 3.08. The van der Waals surface area contributed by atoms with Gasteiger partial charge in [0.1, 0.15) is 5.78 Å². The number of ketones is 1. The van der Waals surface area contributed by atoms with Gasteiger partial charge in [-0.1, -0.05) is 64.8 Å². The van der Waals surface area contributed by atoms with Crippen LogP contribution in [0.5, 0.6) is 0 Å². The van der Waals surface area contributed by atoms with Crippen molar-refractivity contribution in [3.63, 3.8) is 0 Å². The molecule has 1 unspecified atom stereocenters. The van der Waals surface area contributed by atoms with E-state index >= 15 is 0 Å². The van der Waals surface area contributed by atoms with Crippen LogP contribution in [-0.4, -0.2) is 47.2 Å². The zero-order valence-corrected chi connectivity index (χ0v) is 28.1. The highest BCUT2D eigenvalue weighted by molar-refractivity contribution is 6.73. The highest BCUT2D eigenvalue weighted by Crippen LogP contribution is 2.39. The van der Waals surface area contributed by atoms with Gasteiger partial charge in [-0.25, -0.2) is 0 Å². The Hall–Kier alpha value is -1.03. The predicted octanol–water partition coefficient (Wildman–Crippen LogP) is 8.62. The third-order valence-corrected chi connectivity index (χ3v) is 13.9. The van der Waals surface area contributed by atoms with E-state index in [2.05, 4.69) is 72.5 Å². The molecule has 0 aromatic rings. The van der Waals surface area contributed by atoms with E-state index in [0.717, 1.165) is 56.7 Å². The van der Waals surface area contributed by atoms with E-state index in [4.69, 9.17) is 13.6 Å². The maximum atomic E-state index is 13.3. The van der Waals surface area contributed by atoms with Crippen LogP contribution in [0.3, 0.4) is 0 Å². The number of hydrogen-bond acceptors (Lipinski definition) is 5. The first-order chi connectivity index (χ1) is 17.9. The smallest absolute Gasteiger partial charge is 0.305 e. The second kappa shape index (κ2) is 16.9. The van der Waals surface area contributed by atoms with Gasteiger partial charge >= 0.3 is 5.97 Å². The molecule has 0 N–H and O–H groups in total. The summed E-state index contributed by atoms with van der Waals surface area (Å²) in [7, 11) is -2.11. The zero-order chi connectivity index (χ0) is 28.8. The molecular formula is C31H58O5Si2. The van der Waals surface area contributed by atoms with Crippen molar-refractivity contribution in [2.45, 2.75) is 142 Å². The minimum atomic E-state index is -1.83. The van der Waals surface area contributed by atoms with Crippen LogP contribution < -0.4 is 0 Å². The number of ether oxygens (including phenoxy) is 1. The quantitative estimate of drug-likeness (QED) is 0.0889. The van der Waals surface area contributed by atoms with Gasteiger partial charge < -0.3 is 13.6 Å². The number of allylic oxidation sites excluding steroid dienone is 2. The number of methoxy groups -OCH3 is 1. The van der Waals surface area contributed by atoms with Gasteiger partial charge in [-0.05, 0) is 76.8 Å². The molecule has 7 heteroatoms. The Morgan fingerprint density at radius 3 is 2.21 bits per heavy atom. The summed E-state index contributed by atoms with van der Waals surface area (Å²) in [6.07, 6.45) is 16.2. The minimum Gasteiger partial charge on any atom is -0.469 e. The normalized spacial score (nSPS) is 22.4. The molecular weight excluding hydrogens is 509 g/mol. The fourth-order valence-electron chi connectivity index (χ4n) is 5.79. The lowest BCUT2D eigenvalue weighted by Gasteiger charge is -2.36. The molecule has 0 bridgehead atoms. The van der Waals surface area contributed by atoms with Crippen molar-refractivity contribution in [3.05, 3.63) is 24.3 Å². The first-order valence-corrected chi connectivity index (χ1v) is 21.1. The molecule has 0 radical (unpaired) electrons. The molecule has 38 heavy (non-hydrogen) atoms. The fraction of sp³-hybridized carbons (Fsp3) is 0.806. The highest BCUT2D eigenvalue weighted by atomic mass is 28.4. The van der Waals surface area contributed by atoms with E-state index in [1.807, 2.05) is 6.08 Å². The maximum absolute atomic E-state index is 13.3. The standard InChI is InChI=1S/C31H58O5Si2/c1-10-14-23-31(5,36-37(7,8)9)24-19-21-27-26(20-17-15-16-18-22-30(33)34-6)28(32)25-29(27)35-38(11-2,12-3)13-4/h15-16,19,21,26-27,29H,10-14,17-18,20,22-25H2,1-9H3/b16-15-,21-19+/t26-,27-,29-,31?/m1/s1. The average Bonchev–Trinajstić information content (AvgIpc) is 3.15. The number of carbonyl (C=O) groups is 2. The minimum absolute atomic E-state index is 0.0152. The summed E-state index contributed by atoms with van der Waals surface area (Å²) in [4.78, 5) is 24.6. The van der Waals surface area contributed by atoms with Gasteiger partial charge in [-0.3, -0.25) is 9.59 Å². The van der Waals surface area contributed by atoms with Gasteiger partial charge in [0, 0.05) is 24.7 Å². The van der Waals surface area contributed by atoms with Gasteiger partial charge in [0.25, 0.3) is 0 Å². The molecule has 1 fully saturated rings. The summed E-state index contributed by atoms with van der Waals surface area (Å²) in [5.41, 5.74) is -0.164. The Kier molecular flexibility index (Phi) is 15.6. The number of hydrogen-bond donors (Lipinski definition) is 0. The topological polar surface area (TPSA) is 61.8 Å². The molecule has 0 aromatic carbocycles. The molecule has 1 aliphatic carbocycles. The maximum Gasteiger partial charge on any atom is 0.305 e. The molecule has 1 aliphatic rings. The molecule has 0 saturated heterocycles. The molecule has 220 valence electrons. The van der Waals surface area contributed by atoms with Crippen molar-refractivity contribution in [3.8, 4) is 0 Å². The van der Waals surface area contributed by atoms with Crippen LogP contribution in [-0.2, 0) is 23.2 Å². The van der Waals surface area contributed by atoms with Gasteiger partial charge in [-0.2, -0.15) is 0 Å². The average molecular weight is 567 g/mol. The van der Waals surface area contributed by atoms with E-state index in [0.29, 0.717) is 25.0 Å². The highest BCUT2D eigenvalue weighted by Gasteiger charge is 2.44. The molecule has 0 heterocycles. The summed E-state index contributed by atoms with van der Waals surface area (Å²) in [5.74, 6) is 0.250. The lowest BCUT2D eigenvalue weighted by atomic mass is 9.88. The zero-order valence-electron chi connectivity index (χ0n) is 26.1. The summed E-state index contributed by atoms with van der Waals surface area (Å²) in [6, 6.07) is 3.27. The third kappa shape index (κ3) is 12.0. The molecule has 0 aliphatic heterocycles. The van der Waals surface area contributed by atoms with Gasteiger partial charge in [0.2, 0.25) is 0 Å². The van der Waals surface area contributed by atoms with Crippen LogP contribution in [0.4, 0.5) is 0 Å². The third-order valence-electron chi connectivity index (χ3n) is 8.12. The van der Waals surface area contributed by atoms with Crippen LogP contribution in [0.15, 0.2) is 24.3 Å². The Bertz CT molecular complexity index is 760. The lowest BCUT2D eigenvalue weighted by molar-refractivity contribution is -0.140. The molecule has 1 saturated carbocycles. The van der Waals surface area contributed by atoms with Crippen LogP contribution in [0, 0.1) is 11.8 Å². The molecule has 4 atom stereocenters. The second-order valence-electron chi connectivity index (χ2n) is 12.3. The van der Waals surface area contributed by atoms with Crippen molar-refractivity contribution < 1.29 is 23.2 Å². The fourth-order valence-corrected chi connectivity index (χ4v) is 10.3. The number of Topliss-reactive ketones (excluding diaryl/α,β-unsaturated/α-hetero) is 1. The summed E-state index contributed by atoms with van der Waals surface area (Å²) >= 11 is 0. The van der Waals surface area contributed by atoms with E-state index in [1.165, 1.54) is 7.11 Å². The number of unbranched alkanes of at least 4 members (excludes halogenated alkanes) is 1. The van der Waals surface area contributed by atoms with Crippen molar-refractivity contribution in [2.24, 2.45) is 11.8 Å². The summed E-state index contributed by atoms with van der Waals surface area (Å²) in [5, 5.41) is 0. The van der Waals surface area contributed by atoms with Gasteiger partial charge in [-0.15, -0.1) is 0 Å². The summed E-state index contributed by atoms with van der Waals surface area (Å²) in [6.45, 7) is 18.0. The van der Waals surface area contributed by atoms with Crippen molar-refractivity contribution in [1.82, 2.24) is 0 Å². The van der Waals surface area contributed by atoms with Crippen LogP contribution in [0.1, 0.15) is 92.4 Å². The van der Waals surface area contributed by atoms with Crippen LogP contribution in [0.2, 0.25) is 37.8 Å². The Morgan fingerprint density at radius 2 is 1.66 bits per heavy atom. The molecule has 0 amide bonds. The molecule has 0 aromatic heterocycles. The van der Waals surface area contributed by atoms with Gasteiger partial charge in [0.15, 0.2) is 16.6 Å². The largest absolute Gasteiger partial charge is 0.469 e. The van der Waals surface area contributed by atoms with E-state index < -0.39 is 16.6 Å². The lowest BCUT2D eigenvalue weighted by Crippen LogP contribution is -2.41. The van der Waals surface area contributed by atoms with Crippen molar-refractivity contribution in [1.29, 1.82) is 0 Å². The van der Waals surface area contributed by atoms with Crippen molar-refractivity contribution in [2.75, 3.05) is 7.11 Å². The molecule has 1 rings (SSSR count). The second-order valence-corrected chi connectivity index (χ2v) is 21.5. The van der Waals surface area contributed by atoms with Crippen LogP contribution >= 0.6 is 0 Å². The first-order valence-electron chi connectivity index (χ1n) is 15.2. The Morgan fingerprint density at radius 1 is 1.03 bits per heavy atom.